The van der Waals surface area contributed by atoms with Crippen molar-refractivity contribution in [3.63, 3.8) is 0 Å². The van der Waals surface area contributed by atoms with Crippen molar-refractivity contribution < 1.29 is 8.78 Å². The van der Waals surface area contributed by atoms with Crippen LogP contribution in [0.25, 0.3) is 0 Å². The van der Waals surface area contributed by atoms with Gasteiger partial charge in [-0.1, -0.05) is 6.92 Å². The van der Waals surface area contributed by atoms with Crippen molar-refractivity contribution in [1.82, 2.24) is 0 Å². The Kier molecular flexibility index (Phi) is 3.97. The molecule has 1 unspecified atom stereocenters. The molecule has 0 saturated heterocycles. The van der Waals surface area contributed by atoms with Crippen LogP contribution in [-0.4, -0.2) is 0 Å². The second-order valence-electron chi connectivity index (χ2n) is 4.15. The van der Waals surface area contributed by atoms with Gasteiger partial charge in [0.15, 0.2) is 0 Å². The van der Waals surface area contributed by atoms with Crippen LogP contribution in [0.1, 0.15) is 29.6 Å². The molecule has 1 aromatic carbocycles. The minimum Gasteiger partial charge on any atom is -0.375 e. The van der Waals surface area contributed by atoms with Crippen molar-refractivity contribution in [3.05, 3.63) is 51.7 Å². The number of nitrogens with one attached hydrogen (secondary N) is 1. The summed E-state index contributed by atoms with van der Waals surface area (Å²) in [5.41, 5.74) is 0.203. The average Bonchev–Trinajstić information content (AvgIpc) is 2.82. The molecule has 0 spiro atoms. The average molecular weight is 267 g/mol. The lowest BCUT2D eigenvalue weighted by molar-refractivity contribution is 0.600. The van der Waals surface area contributed by atoms with Gasteiger partial charge in [-0.25, -0.2) is 8.78 Å². The standard InChI is InChI=1S/C14H15F2NS/c1-3-11-5-7-14(18-11)9(2)17-13-8-10(15)4-6-12(13)16/h4-9,17H,3H2,1-2H3. The number of hydrogen-bond acceptors (Lipinski definition) is 2. The van der Waals surface area contributed by atoms with Crippen molar-refractivity contribution in [2.45, 2.75) is 26.3 Å². The summed E-state index contributed by atoms with van der Waals surface area (Å²) in [6.07, 6.45) is 0.992. The monoisotopic (exact) mass is 267 g/mol. The van der Waals surface area contributed by atoms with Crippen molar-refractivity contribution in [2.24, 2.45) is 0 Å². The molecule has 1 aromatic heterocycles. The van der Waals surface area contributed by atoms with E-state index in [1.54, 1.807) is 11.3 Å². The molecule has 0 saturated carbocycles. The molecule has 1 atom stereocenters. The first-order valence-corrected chi connectivity index (χ1v) is 6.72. The van der Waals surface area contributed by atoms with E-state index in [1.165, 1.54) is 10.9 Å². The maximum Gasteiger partial charge on any atom is 0.146 e. The van der Waals surface area contributed by atoms with E-state index < -0.39 is 11.6 Å². The largest absolute Gasteiger partial charge is 0.375 e. The van der Waals surface area contributed by atoms with E-state index in [0.717, 1.165) is 23.4 Å². The van der Waals surface area contributed by atoms with E-state index in [4.69, 9.17) is 0 Å². The van der Waals surface area contributed by atoms with Gasteiger partial charge in [-0.2, -0.15) is 0 Å². The van der Waals surface area contributed by atoms with E-state index >= 15 is 0 Å². The molecule has 18 heavy (non-hydrogen) atoms. The lowest BCUT2D eigenvalue weighted by atomic mass is 10.2. The Labute approximate surface area is 109 Å². The molecule has 1 nitrogen and oxygen atoms in total. The van der Waals surface area contributed by atoms with Gasteiger partial charge in [0.05, 0.1) is 11.7 Å². The molecule has 0 aliphatic rings. The third-order valence-corrected chi connectivity index (χ3v) is 4.17. The third kappa shape index (κ3) is 2.88. The van der Waals surface area contributed by atoms with Gasteiger partial charge < -0.3 is 5.32 Å². The Bertz CT molecular complexity index is 536. The Morgan fingerprint density at radius 1 is 1.22 bits per heavy atom. The first kappa shape index (κ1) is 13.0. The summed E-state index contributed by atoms with van der Waals surface area (Å²) in [6.45, 7) is 4.04. The molecule has 96 valence electrons. The first-order valence-electron chi connectivity index (χ1n) is 5.90. The van der Waals surface area contributed by atoms with Gasteiger partial charge in [0.1, 0.15) is 11.6 Å². The van der Waals surface area contributed by atoms with Crippen LogP contribution in [0.2, 0.25) is 0 Å². The number of benzene rings is 1. The van der Waals surface area contributed by atoms with E-state index in [0.29, 0.717) is 0 Å². The molecule has 0 bridgehead atoms. The summed E-state index contributed by atoms with van der Waals surface area (Å²) in [5, 5.41) is 3.00. The summed E-state index contributed by atoms with van der Waals surface area (Å²) < 4.78 is 26.5. The molecule has 4 heteroatoms. The van der Waals surface area contributed by atoms with Crippen LogP contribution in [0.15, 0.2) is 30.3 Å². The van der Waals surface area contributed by atoms with E-state index in [2.05, 4.69) is 18.3 Å². The summed E-state index contributed by atoms with van der Waals surface area (Å²) in [6, 6.07) is 7.49. The number of aryl methyl sites for hydroxylation is 1. The maximum atomic E-state index is 13.5. The number of rotatable bonds is 4. The normalized spacial score (nSPS) is 12.4. The van der Waals surface area contributed by atoms with Crippen molar-refractivity contribution >= 4 is 17.0 Å². The minimum atomic E-state index is -0.438. The molecule has 0 aliphatic carbocycles. The molecule has 1 N–H and O–H groups in total. The molecule has 0 amide bonds. The van der Waals surface area contributed by atoms with Crippen LogP contribution >= 0.6 is 11.3 Å². The summed E-state index contributed by atoms with van der Waals surface area (Å²) >= 11 is 1.69. The number of thiophene rings is 1. The molecular weight excluding hydrogens is 252 g/mol. The Morgan fingerprint density at radius 3 is 2.67 bits per heavy atom. The quantitative estimate of drug-likeness (QED) is 0.842. The Balaban J connectivity index is 2.15. The predicted octanol–water partition coefficient (Wildman–Crippen LogP) is 4.76. The second-order valence-corrected chi connectivity index (χ2v) is 5.35. The van der Waals surface area contributed by atoms with Crippen LogP contribution in [0.4, 0.5) is 14.5 Å². The van der Waals surface area contributed by atoms with Gasteiger partial charge >= 0.3 is 0 Å². The second kappa shape index (κ2) is 5.48. The summed E-state index contributed by atoms with van der Waals surface area (Å²) in [4.78, 5) is 2.41. The number of anilines is 1. The molecular formula is C14H15F2NS. The highest BCUT2D eigenvalue weighted by Crippen LogP contribution is 2.27. The van der Waals surface area contributed by atoms with Crippen LogP contribution < -0.4 is 5.32 Å². The zero-order valence-corrected chi connectivity index (χ0v) is 11.2. The highest BCUT2D eigenvalue weighted by Gasteiger charge is 2.11. The van der Waals surface area contributed by atoms with Gasteiger partial charge in [0, 0.05) is 9.75 Å². The third-order valence-electron chi connectivity index (χ3n) is 2.76. The molecule has 1 heterocycles. The summed E-state index contributed by atoms with van der Waals surface area (Å²) in [5.74, 6) is -0.873. The lowest BCUT2D eigenvalue weighted by Crippen LogP contribution is -2.06. The SMILES string of the molecule is CCc1ccc(C(C)Nc2cc(F)ccc2F)s1. The van der Waals surface area contributed by atoms with Crippen LogP contribution in [0, 0.1) is 11.6 Å². The highest BCUT2D eigenvalue weighted by atomic mass is 32.1. The van der Waals surface area contributed by atoms with Gasteiger partial charge in [0.25, 0.3) is 0 Å². The van der Waals surface area contributed by atoms with Crippen LogP contribution in [0.5, 0.6) is 0 Å². The topological polar surface area (TPSA) is 12.0 Å². The summed E-state index contributed by atoms with van der Waals surface area (Å²) in [7, 11) is 0. The van der Waals surface area contributed by atoms with Gasteiger partial charge in [-0.05, 0) is 43.7 Å². The van der Waals surface area contributed by atoms with Gasteiger partial charge in [-0.15, -0.1) is 11.3 Å². The van der Waals surface area contributed by atoms with Crippen molar-refractivity contribution in [3.8, 4) is 0 Å². The molecule has 0 radical (unpaired) electrons. The molecule has 0 fully saturated rings. The van der Waals surface area contributed by atoms with Crippen LogP contribution in [-0.2, 0) is 6.42 Å². The number of hydrogen-bond donors (Lipinski definition) is 1. The lowest BCUT2D eigenvalue weighted by Gasteiger charge is -2.14. The fourth-order valence-electron chi connectivity index (χ4n) is 1.73. The Morgan fingerprint density at radius 2 is 2.00 bits per heavy atom. The first-order chi connectivity index (χ1) is 8.60. The molecule has 2 aromatic rings. The highest BCUT2D eigenvalue weighted by molar-refractivity contribution is 7.12. The van der Waals surface area contributed by atoms with Gasteiger partial charge in [-0.3, -0.25) is 0 Å². The predicted molar refractivity (Wildman–Crippen MR) is 72.1 cm³/mol. The Hall–Kier alpha value is -1.42. The van der Waals surface area contributed by atoms with E-state index in [9.17, 15) is 8.78 Å². The maximum absolute atomic E-state index is 13.5. The molecule has 2 rings (SSSR count). The zero-order valence-electron chi connectivity index (χ0n) is 10.3. The fourth-order valence-corrected chi connectivity index (χ4v) is 2.68. The fraction of sp³-hybridized carbons (Fsp3) is 0.286. The van der Waals surface area contributed by atoms with E-state index in [-0.39, 0.29) is 11.7 Å². The minimum absolute atomic E-state index is 0.0356. The van der Waals surface area contributed by atoms with Crippen LogP contribution in [0.3, 0.4) is 0 Å². The molecule has 0 aliphatic heterocycles. The smallest absolute Gasteiger partial charge is 0.146 e. The number of halogens is 2. The van der Waals surface area contributed by atoms with Crippen molar-refractivity contribution in [1.29, 1.82) is 0 Å². The van der Waals surface area contributed by atoms with E-state index in [1.807, 2.05) is 13.0 Å². The van der Waals surface area contributed by atoms with Crippen molar-refractivity contribution in [2.75, 3.05) is 5.32 Å². The van der Waals surface area contributed by atoms with Gasteiger partial charge in [0.2, 0.25) is 0 Å². The zero-order chi connectivity index (χ0) is 13.1.